The minimum atomic E-state index is -3.71. The van der Waals surface area contributed by atoms with Gasteiger partial charge in [0, 0.05) is 18.8 Å². The molecular formula is C16H18N4O3S. The highest BCUT2D eigenvalue weighted by Gasteiger charge is 2.22. The van der Waals surface area contributed by atoms with Crippen molar-refractivity contribution in [3.05, 3.63) is 60.3 Å². The zero-order chi connectivity index (χ0) is 17.3. The number of nitrogens with one attached hydrogen (secondary N) is 1. The van der Waals surface area contributed by atoms with Crippen LogP contribution in [-0.4, -0.2) is 27.6 Å². The molecule has 1 heterocycles. The summed E-state index contributed by atoms with van der Waals surface area (Å²) in [6, 6.07) is 14.0. The number of nitrogens with two attached hydrogens (primary N) is 1. The summed E-state index contributed by atoms with van der Waals surface area (Å²) in [5.41, 5.74) is 5.81. The average Bonchev–Trinajstić information content (AvgIpc) is 2.96. The number of benzene rings is 2. The summed E-state index contributed by atoms with van der Waals surface area (Å²) < 4.78 is 28.1. The molecule has 0 unspecified atom stereocenters. The van der Waals surface area contributed by atoms with Crippen LogP contribution in [0.3, 0.4) is 0 Å². The van der Waals surface area contributed by atoms with E-state index in [-0.39, 0.29) is 4.90 Å². The van der Waals surface area contributed by atoms with Crippen molar-refractivity contribution >= 4 is 21.4 Å². The lowest BCUT2D eigenvalue weighted by Crippen LogP contribution is -2.38. The number of hydrogen-bond acceptors (Lipinski definition) is 6. The Bertz CT molecular complexity index is 878. The quantitative estimate of drug-likeness (QED) is 0.873. The molecule has 0 radical (unpaired) electrons. The topological polar surface area (TPSA) is 87.9 Å². The van der Waals surface area contributed by atoms with Gasteiger partial charge in [-0.15, -0.1) is 5.53 Å². The largest absolute Gasteiger partial charge is 0.497 e. The predicted molar refractivity (Wildman–Crippen MR) is 92.2 cm³/mol. The number of hydrogen-bond donors (Lipinski definition) is 2. The molecule has 0 saturated carbocycles. The third-order valence-corrected chi connectivity index (χ3v) is 4.53. The van der Waals surface area contributed by atoms with E-state index in [4.69, 9.17) is 9.88 Å². The number of hydrazine groups is 2. The Labute approximate surface area is 140 Å². The van der Waals surface area contributed by atoms with Gasteiger partial charge in [-0.3, -0.25) is 10.0 Å². The summed E-state index contributed by atoms with van der Waals surface area (Å²) in [5, 5.41) is 8.80. The van der Waals surface area contributed by atoms with Gasteiger partial charge in [0.15, 0.2) is 0 Å². The second-order valence-electron chi connectivity index (χ2n) is 5.33. The van der Waals surface area contributed by atoms with E-state index in [1.807, 2.05) is 47.5 Å². The van der Waals surface area contributed by atoms with Gasteiger partial charge in [0.05, 0.1) is 23.4 Å². The molecule has 0 aliphatic carbocycles. The molecule has 2 aromatic carbocycles. The Morgan fingerprint density at radius 2 is 1.83 bits per heavy atom. The van der Waals surface area contributed by atoms with Gasteiger partial charge in [-0.05, 0) is 36.4 Å². The molecule has 126 valence electrons. The van der Waals surface area contributed by atoms with Gasteiger partial charge in [0.2, 0.25) is 10.0 Å². The van der Waals surface area contributed by atoms with E-state index >= 15 is 0 Å². The van der Waals surface area contributed by atoms with Crippen LogP contribution in [0, 0.1) is 0 Å². The Morgan fingerprint density at radius 3 is 2.46 bits per heavy atom. The fourth-order valence-corrected chi connectivity index (χ4v) is 2.96. The summed E-state index contributed by atoms with van der Waals surface area (Å²) in [4.78, 5) is 0.0747. The number of rotatable bonds is 4. The van der Waals surface area contributed by atoms with E-state index in [2.05, 4.69) is 5.53 Å². The molecule has 8 heteroatoms. The summed E-state index contributed by atoms with van der Waals surface area (Å²) in [6.07, 6.45) is 1.93. The molecule has 1 aliphatic rings. The van der Waals surface area contributed by atoms with Gasteiger partial charge in [-0.2, -0.15) is 0 Å². The van der Waals surface area contributed by atoms with Crippen molar-refractivity contribution < 1.29 is 13.2 Å². The van der Waals surface area contributed by atoms with Crippen molar-refractivity contribution in [1.82, 2.24) is 10.5 Å². The zero-order valence-electron chi connectivity index (χ0n) is 13.3. The third kappa shape index (κ3) is 3.21. The Hall–Kier alpha value is -2.55. The monoisotopic (exact) mass is 346 g/mol. The lowest BCUT2D eigenvalue weighted by Gasteiger charge is -2.23. The van der Waals surface area contributed by atoms with Gasteiger partial charge >= 0.3 is 0 Å². The van der Waals surface area contributed by atoms with E-state index < -0.39 is 10.0 Å². The molecule has 1 aliphatic heterocycles. The maximum absolute atomic E-state index is 11.4. The van der Waals surface area contributed by atoms with Crippen molar-refractivity contribution in [2.24, 2.45) is 5.14 Å². The fourth-order valence-electron chi connectivity index (χ4n) is 2.45. The van der Waals surface area contributed by atoms with E-state index in [0.717, 1.165) is 22.7 Å². The van der Waals surface area contributed by atoms with Crippen LogP contribution < -0.4 is 20.4 Å². The highest BCUT2D eigenvalue weighted by Crippen LogP contribution is 2.30. The number of ether oxygens (including phenoxy) is 1. The normalized spacial score (nSPS) is 14.7. The van der Waals surface area contributed by atoms with E-state index in [9.17, 15) is 8.42 Å². The van der Waals surface area contributed by atoms with Crippen molar-refractivity contribution in [1.29, 1.82) is 0 Å². The van der Waals surface area contributed by atoms with Crippen molar-refractivity contribution in [2.45, 2.75) is 4.90 Å². The van der Waals surface area contributed by atoms with Gasteiger partial charge in [0.25, 0.3) is 0 Å². The molecular weight excluding hydrogens is 328 g/mol. The standard InChI is InChI=1S/C16H18N4O3S/c1-19-11-16(12-4-3-5-14(10-12)23-2)20(18-19)13-6-8-15(9-7-13)24(17,21)22/h3-11,18H,1-2H3,(H2,17,21,22). The van der Waals surface area contributed by atoms with Gasteiger partial charge in [-0.25, -0.2) is 13.6 Å². The Morgan fingerprint density at radius 1 is 1.12 bits per heavy atom. The maximum Gasteiger partial charge on any atom is 0.238 e. The lowest BCUT2D eigenvalue weighted by atomic mass is 10.1. The second kappa shape index (κ2) is 6.16. The van der Waals surface area contributed by atoms with E-state index in [0.29, 0.717) is 0 Å². The van der Waals surface area contributed by atoms with Crippen LogP contribution in [0.25, 0.3) is 5.70 Å². The smallest absolute Gasteiger partial charge is 0.238 e. The number of nitrogens with zero attached hydrogens (tertiary/aromatic N) is 2. The molecule has 24 heavy (non-hydrogen) atoms. The van der Waals surface area contributed by atoms with Crippen LogP contribution >= 0.6 is 0 Å². The summed E-state index contributed by atoms with van der Waals surface area (Å²) >= 11 is 0. The molecule has 0 aromatic heterocycles. The molecule has 3 rings (SSSR count). The predicted octanol–water partition coefficient (Wildman–Crippen LogP) is 1.51. The summed E-state index contributed by atoms with van der Waals surface area (Å²) in [6.45, 7) is 0. The van der Waals surface area contributed by atoms with Crippen molar-refractivity contribution in [3.63, 3.8) is 0 Å². The highest BCUT2D eigenvalue weighted by atomic mass is 32.2. The number of methoxy groups -OCH3 is 1. The molecule has 0 spiro atoms. The molecule has 7 nitrogen and oxygen atoms in total. The van der Waals surface area contributed by atoms with Crippen LogP contribution in [0.5, 0.6) is 5.75 Å². The minimum absolute atomic E-state index is 0.0747. The van der Waals surface area contributed by atoms with Crippen LogP contribution in [-0.2, 0) is 10.0 Å². The molecule has 0 bridgehead atoms. The van der Waals surface area contributed by atoms with Crippen LogP contribution in [0.4, 0.5) is 5.69 Å². The first kappa shape index (κ1) is 16.3. The number of sulfonamides is 1. The Kier molecular flexibility index (Phi) is 4.18. The van der Waals surface area contributed by atoms with Crippen LogP contribution in [0.2, 0.25) is 0 Å². The van der Waals surface area contributed by atoms with E-state index in [1.54, 1.807) is 19.2 Å². The first-order valence-corrected chi connectivity index (χ1v) is 8.71. The zero-order valence-corrected chi connectivity index (χ0v) is 14.1. The van der Waals surface area contributed by atoms with E-state index in [1.165, 1.54) is 12.1 Å². The fraction of sp³-hybridized carbons (Fsp3) is 0.125. The number of anilines is 1. The average molecular weight is 346 g/mol. The molecule has 0 fully saturated rings. The molecule has 0 saturated heterocycles. The van der Waals surface area contributed by atoms with Crippen molar-refractivity contribution in [2.75, 3.05) is 19.2 Å². The van der Waals surface area contributed by atoms with Gasteiger partial charge < -0.3 is 4.74 Å². The molecule has 0 atom stereocenters. The Balaban J connectivity index is 1.96. The first-order valence-electron chi connectivity index (χ1n) is 7.17. The van der Waals surface area contributed by atoms with Crippen molar-refractivity contribution in [3.8, 4) is 5.75 Å². The van der Waals surface area contributed by atoms with Crippen LogP contribution in [0.15, 0.2) is 59.6 Å². The minimum Gasteiger partial charge on any atom is -0.497 e. The summed E-state index contributed by atoms with van der Waals surface area (Å²) in [7, 11) is -0.214. The van der Waals surface area contributed by atoms with Crippen LogP contribution in [0.1, 0.15) is 5.56 Å². The van der Waals surface area contributed by atoms with Gasteiger partial charge in [-0.1, -0.05) is 12.1 Å². The number of primary sulfonamides is 1. The highest BCUT2D eigenvalue weighted by molar-refractivity contribution is 7.89. The molecule has 2 aromatic rings. The SMILES string of the molecule is COc1cccc(C2=CN(C)NN2c2ccc(S(N)(=O)=O)cc2)c1. The second-order valence-corrected chi connectivity index (χ2v) is 6.89. The first-order chi connectivity index (χ1) is 11.4. The van der Waals surface area contributed by atoms with Gasteiger partial charge in [0.1, 0.15) is 5.75 Å². The molecule has 0 amide bonds. The lowest BCUT2D eigenvalue weighted by molar-refractivity contribution is 0.359. The third-order valence-electron chi connectivity index (χ3n) is 3.60. The molecule has 3 N–H and O–H groups in total. The summed E-state index contributed by atoms with van der Waals surface area (Å²) in [5.74, 6) is 0.757. The maximum atomic E-state index is 11.4.